The highest BCUT2D eigenvalue weighted by atomic mass is 16.2. The first-order valence-electron chi connectivity index (χ1n) is 11.1. The van der Waals surface area contributed by atoms with Crippen LogP contribution in [0.15, 0.2) is 54.7 Å². The van der Waals surface area contributed by atoms with E-state index in [0.29, 0.717) is 18.3 Å². The second kappa shape index (κ2) is 8.60. The first-order valence-corrected chi connectivity index (χ1v) is 11.1. The lowest BCUT2D eigenvalue weighted by Gasteiger charge is -2.40. The van der Waals surface area contributed by atoms with Gasteiger partial charge in [0.05, 0.1) is 11.0 Å². The first kappa shape index (κ1) is 20.6. The lowest BCUT2D eigenvalue weighted by molar-refractivity contribution is 0.0614. The second-order valence-electron chi connectivity index (χ2n) is 8.86. The van der Waals surface area contributed by atoms with Crippen molar-refractivity contribution in [3.63, 3.8) is 0 Å². The lowest BCUT2D eigenvalue weighted by Crippen LogP contribution is -2.51. The molecule has 2 atom stereocenters. The zero-order chi connectivity index (χ0) is 21.1. The third kappa shape index (κ3) is 4.26. The minimum Gasteiger partial charge on any atom is -0.349 e. The summed E-state index contributed by atoms with van der Waals surface area (Å²) in [4.78, 5) is 22.9. The van der Waals surface area contributed by atoms with Crippen LogP contribution in [-0.4, -0.2) is 39.4 Å². The van der Waals surface area contributed by atoms with Crippen molar-refractivity contribution < 1.29 is 4.79 Å². The Morgan fingerprint density at radius 2 is 2.00 bits per heavy atom. The number of H-pyrrole nitrogens is 1. The molecular weight excluding hydrogens is 372 g/mol. The number of hydrogen-bond donors (Lipinski definition) is 2. The van der Waals surface area contributed by atoms with Crippen LogP contribution in [0.3, 0.4) is 0 Å². The van der Waals surface area contributed by atoms with Crippen LogP contribution in [0.5, 0.6) is 0 Å². The largest absolute Gasteiger partial charge is 0.349 e. The monoisotopic (exact) mass is 404 g/mol. The second-order valence-corrected chi connectivity index (χ2v) is 8.86. The number of aromatic nitrogens is 2. The zero-order valence-electron chi connectivity index (χ0n) is 18.2. The van der Waals surface area contributed by atoms with Crippen LogP contribution in [0.25, 0.3) is 11.0 Å². The van der Waals surface area contributed by atoms with Crippen molar-refractivity contribution in [1.82, 2.24) is 20.2 Å². The van der Waals surface area contributed by atoms with Crippen LogP contribution >= 0.6 is 0 Å². The molecule has 0 saturated heterocycles. The standard InChI is InChI=1S/C25H32N4O/c1-4-29(24(30)23-17-22-21(27-23)14-9-15-26-22)20-13-8-12-19(16-20)28-25(2,3)18-10-6-5-7-11-18/h5-7,9-11,14-15,17,19-20,27-28H,4,8,12-13,16H2,1-3H3/t19-,20?/m0/s1. The summed E-state index contributed by atoms with van der Waals surface area (Å²) >= 11 is 0. The van der Waals surface area contributed by atoms with Gasteiger partial charge in [-0.3, -0.25) is 9.78 Å². The van der Waals surface area contributed by atoms with E-state index in [1.54, 1.807) is 6.20 Å². The van der Waals surface area contributed by atoms with Gasteiger partial charge in [-0.1, -0.05) is 30.3 Å². The summed E-state index contributed by atoms with van der Waals surface area (Å²) < 4.78 is 0. The van der Waals surface area contributed by atoms with Gasteiger partial charge in [-0.2, -0.15) is 0 Å². The Balaban J connectivity index is 1.47. The number of hydrogen-bond acceptors (Lipinski definition) is 3. The molecule has 1 unspecified atom stereocenters. The van der Waals surface area contributed by atoms with E-state index in [9.17, 15) is 4.79 Å². The Labute approximate surface area is 178 Å². The molecule has 4 rings (SSSR count). The van der Waals surface area contributed by atoms with Crippen LogP contribution in [0.4, 0.5) is 0 Å². The van der Waals surface area contributed by atoms with Gasteiger partial charge in [0.2, 0.25) is 0 Å². The van der Waals surface area contributed by atoms with Crippen molar-refractivity contribution in [3.05, 3.63) is 66.0 Å². The summed E-state index contributed by atoms with van der Waals surface area (Å²) in [6.07, 6.45) is 6.07. The Morgan fingerprint density at radius 1 is 1.20 bits per heavy atom. The number of fused-ring (bicyclic) bond motifs is 1. The van der Waals surface area contributed by atoms with E-state index in [1.807, 2.05) is 23.1 Å². The number of aromatic amines is 1. The molecule has 1 amide bonds. The molecule has 1 saturated carbocycles. The summed E-state index contributed by atoms with van der Waals surface area (Å²) in [6, 6.07) is 17.0. The molecule has 0 radical (unpaired) electrons. The molecule has 0 bridgehead atoms. The van der Waals surface area contributed by atoms with Crippen molar-refractivity contribution in [1.29, 1.82) is 0 Å². The molecule has 30 heavy (non-hydrogen) atoms. The molecular formula is C25H32N4O. The van der Waals surface area contributed by atoms with Crippen LogP contribution in [-0.2, 0) is 5.54 Å². The van der Waals surface area contributed by atoms with Crippen LogP contribution < -0.4 is 5.32 Å². The molecule has 2 N–H and O–H groups in total. The quantitative estimate of drug-likeness (QED) is 0.617. The average Bonchev–Trinajstić information content (AvgIpc) is 3.19. The van der Waals surface area contributed by atoms with Gasteiger partial charge in [-0.05, 0) is 70.2 Å². The number of pyridine rings is 1. The topological polar surface area (TPSA) is 61.0 Å². The Morgan fingerprint density at radius 3 is 2.73 bits per heavy atom. The molecule has 2 aromatic heterocycles. The summed E-state index contributed by atoms with van der Waals surface area (Å²) in [5, 5.41) is 3.86. The molecule has 158 valence electrons. The maximum absolute atomic E-state index is 13.3. The molecule has 0 aliphatic heterocycles. The smallest absolute Gasteiger partial charge is 0.270 e. The Kier molecular flexibility index (Phi) is 5.91. The molecule has 1 aromatic carbocycles. The van der Waals surface area contributed by atoms with Gasteiger partial charge in [-0.25, -0.2) is 0 Å². The highest BCUT2D eigenvalue weighted by molar-refractivity contribution is 5.97. The third-order valence-electron chi connectivity index (χ3n) is 6.37. The normalized spacial score (nSPS) is 19.7. The maximum Gasteiger partial charge on any atom is 0.270 e. The summed E-state index contributed by atoms with van der Waals surface area (Å²) in [7, 11) is 0. The highest BCUT2D eigenvalue weighted by Crippen LogP contribution is 2.29. The lowest BCUT2D eigenvalue weighted by atomic mass is 9.86. The molecule has 1 fully saturated rings. The fourth-order valence-corrected chi connectivity index (χ4v) is 4.82. The molecule has 5 nitrogen and oxygen atoms in total. The van der Waals surface area contributed by atoms with Gasteiger partial charge >= 0.3 is 0 Å². The predicted octanol–water partition coefficient (Wildman–Crippen LogP) is 4.86. The first-order chi connectivity index (χ1) is 14.5. The number of amides is 1. The zero-order valence-corrected chi connectivity index (χ0v) is 18.2. The van der Waals surface area contributed by atoms with Crippen molar-refractivity contribution in [2.75, 3.05) is 6.54 Å². The number of nitrogens with zero attached hydrogens (tertiary/aromatic N) is 2. The third-order valence-corrected chi connectivity index (χ3v) is 6.37. The molecule has 1 aliphatic rings. The van der Waals surface area contributed by atoms with E-state index in [2.05, 4.69) is 66.4 Å². The number of nitrogens with one attached hydrogen (secondary N) is 2. The van der Waals surface area contributed by atoms with Gasteiger partial charge in [0, 0.05) is 30.4 Å². The molecule has 2 heterocycles. The SMILES string of the molecule is CCN(C(=O)c1cc2ncccc2[nH]1)C1CCC[C@H](NC(C)(C)c2ccccc2)C1. The minimum atomic E-state index is -0.0995. The van der Waals surface area contributed by atoms with Crippen molar-refractivity contribution >= 4 is 16.9 Å². The predicted molar refractivity (Wildman–Crippen MR) is 121 cm³/mol. The van der Waals surface area contributed by atoms with Gasteiger partial charge in [0.25, 0.3) is 5.91 Å². The summed E-state index contributed by atoms with van der Waals surface area (Å²) in [5.41, 5.74) is 3.57. The number of carbonyl (C=O) groups excluding carboxylic acids is 1. The van der Waals surface area contributed by atoms with E-state index < -0.39 is 0 Å². The van der Waals surface area contributed by atoms with E-state index in [0.717, 1.165) is 36.7 Å². The van der Waals surface area contributed by atoms with E-state index >= 15 is 0 Å². The number of carbonyl (C=O) groups is 1. The number of benzene rings is 1. The highest BCUT2D eigenvalue weighted by Gasteiger charge is 2.32. The molecule has 1 aliphatic carbocycles. The maximum atomic E-state index is 13.3. The fourth-order valence-electron chi connectivity index (χ4n) is 4.82. The van der Waals surface area contributed by atoms with Gasteiger partial charge in [-0.15, -0.1) is 0 Å². The molecule has 3 aromatic rings. The van der Waals surface area contributed by atoms with Crippen molar-refractivity contribution in [3.8, 4) is 0 Å². The van der Waals surface area contributed by atoms with Gasteiger partial charge in [0.1, 0.15) is 5.69 Å². The van der Waals surface area contributed by atoms with Gasteiger partial charge in [0.15, 0.2) is 0 Å². The molecule has 5 heteroatoms. The summed E-state index contributed by atoms with van der Waals surface area (Å²) in [5.74, 6) is 0.0727. The van der Waals surface area contributed by atoms with Crippen LogP contribution in [0.1, 0.15) is 62.5 Å². The van der Waals surface area contributed by atoms with Crippen LogP contribution in [0, 0.1) is 0 Å². The van der Waals surface area contributed by atoms with E-state index in [4.69, 9.17) is 0 Å². The molecule has 0 spiro atoms. The number of rotatable bonds is 6. The van der Waals surface area contributed by atoms with E-state index in [-0.39, 0.29) is 17.5 Å². The Bertz CT molecular complexity index is 962. The van der Waals surface area contributed by atoms with Crippen molar-refractivity contribution in [2.45, 2.75) is 64.1 Å². The van der Waals surface area contributed by atoms with Crippen molar-refractivity contribution in [2.24, 2.45) is 0 Å². The van der Waals surface area contributed by atoms with E-state index in [1.165, 1.54) is 5.56 Å². The average molecular weight is 405 g/mol. The minimum absolute atomic E-state index is 0.0727. The fraction of sp³-hybridized carbons (Fsp3) is 0.440. The summed E-state index contributed by atoms with van der Waals surface area (Å²) in [6.45, 7) is 7.27. The van der Waals surface area contributed by atoms with Crippen LogP contribution in [0.2, 0.25) is 0 Å². The van der Waals surface area contributed by atoms with Gasteiger partial charge < -0.3 is 15.2 Å². The Hall–Kier alpha value is -2.66.